The molecule has 2 amide bonds. The number of thiazole rings is 1. The van der Waals surface area contributed by atoms with Crippen LogP contribution >= 0.6 is 11.3 Å². The highest BCUT2D eigenvalue weighted by Crippen LogP contribution is 2.31. The van der Waals surface area contributed by atoms with E-state index < -0.39 is 0 Å². The van der Waals surface area contributed by atoms with Gasteiger partial charge in [0.25, 0.3) is 5.91 Å². The Balaban J connectivity index is 1.18. The van der Waals surface area contributed by atoms with Gasteiger partial charge in [-0.05, 0) is 36.2 Å². The predicted octanol–water partition coefficient (Wildman–Crippen LogP) is 2.26. The van der Waals surface area contributed by atoms with Gasteiger partial charge in [0.2, 0.25) is 5.91 Å². The molecule has 1 aliphatic rings. The van der Waals surface area contributed by atoms with Crippen LogP contribution in [0.4, 0.5) is 5.13 Å². The lowest BCUT2D eigenvalue weighted by Gasteiger charge is -2.18. The van der Waals surface area contributed by atoms with Crippen molar-refractivity contribution in [1.29, 1.82) is 0 Å². The highest BCUT2D eigenvalue weighted by atomic mass is 32.1. The standard InChI is InChI=1S/C20H20N4O4S/c25-18(8-6-13-5-7-15-16(11-13)28-10-9-27-15)23-24-19(26)12-21-20-22-14-3-1-2-4-17(14)29-20/h1-5,7,11H,6,8-10,12H2,(H,21,22)(H,23,25)(H,24,26). The van der Waals surface area contributed by atoms with Crippen LogP contribution in [0.1, 0.15) is 12.0 Å². The van der Waals surface area contributed by atoms with Gasteiger partial charge in [-0.15, -0.1) is 0 Å². The molecule has 1 aliphatic heterocycles. The lowest BCUT2D eigenvalue weighted by molar-refractivity contribution is -0.128. The lowest BCUT2D eigenvalue weighted by Crippen LogP contribution is -2.44. The van der Waals surface area contributed by atoms with Gasteiger partial charge in [-0.2, -0.15) is 0 Å². The number of aryl methyl sites for hydroxylation is 1. The van der Waals surface area contributed by atoms with Crippen LogP contribution in [0.3, 0.4) is 0 Å². The molecule has 8 nitrogen and oxygen atoms in total. The first-order valence-corrected chi connectivity index (χ1v) is 10.0. The number of nitrogens with one attached hydrogen (secondary N) is 3. The molecule has 0 unspecified atom stereocenters. The van der Waals surface area contributed by atoms with E-state index in [-0.39, 0.29) is 24.8 Å². The second kappa shape index (κ2) is 8.78. The zero-order chi connectivity index (χ0) is 20.1. The second-order valence-electron chi connectivity index (χ2n) is 6.41. The van der Waals surface area contributed by atoms with Crippen molar-refractivity contribution in [2.24, 2.45) is 0 Å². The summed E-state index contributed by atoms with van der Waals surface area (Å²) in [6.45, 7) is 1.08. The maximum Gasteiger partial charge on any atom is 0.257 e. The van der Waals surface area contributed by atoms with Crippen molar-refractivity contribution in [2.45, 2.75) is 12.8 Å². The van der Waals surface area contributed by atoms with Gasteiger partial charge in [-0.3, -0.25) is 20.4 Å². The average Bonchev–Trinajstić information content (AvgIpc) is 3.17. The highest BCUT2D eigenvalue weighted by molar-refractivity contribution is 7.22. The van der Waals surface area contributed by atoms with Crippen molar-refractivity contribution in [2.75, 3.05) is 25.1 Å². The fourth-order valence-corrected chi connectivity index (χ4v) is 3.71. The summed E-state index contributed by atoms with van der Waals surface area (Å²) in [5.41, 5.74) is 6.68. The molecule has 1 aromatic heterocycles. The van der Waals surface area contributed by atoms with E-state index in [0.717, 1.165) is 21.5 Å². The van der Waals surface area contributed by atoms with E-state index in [1.165, 1.54) is 11.3 Å². The quantitative estimate of drug-likeness (QED) is 0.537. The predicted molar refractivity (Wildman–Crippen MR) is 110 cm³/mol. The van der Waals surface area contributed by atoms with Crippen molar-refractivity contribution in [1.82, 2.24) is 15.8 Å². The molecule has 0 saturated heterocycles. The molecule has 0 fully saturated rings. The van der Waals surface area contributed by atoms with Gasteiger partial charge in [-0.25, -0.2) is 4.98 Å². The third kappa shape index (κ3) is 4.94. The van der Waals surface area contributed by atoms with Gasteiger partial charge in [-0.1, -0.05) is 29.5 Å². The van der Waals surface area contributed by atoms with Crippen LogP contribution in [0.15, 0.2) is 42.5 Å². The van der Waals surface area contributed by atoms with Crippen molar-refractivity contribution < 1.29 is 19.1 Å². The van der Waals surface area contributed by atoms with Gasteiger partial charge in [0.05, 0.1) is 16.8 Å². The summed E-state index contributed by atoms with van der Waals surface area (Å²) in [6, 6.07) is 13.4. The van der Waals surface area contributed by atoms with Crippen LogP contribution in [0, 0.1) is 0 Å². The number of hydrazine groups is 1. The van der Waals surface area contributed by atoms with Crippen molar-refractivity contribution in [3.63, 3.8) is 0 Å². The minimum atomic E-state index is -0.350. The number of aromatic nitrogens is 1. The number of anilines is 1. The number of carbonyl (C=O) groups is 2. The third-order valence-corrected chi connectivity index (χ3v) is 5.28. The summed E-state index contributed by atoms with van der Waals surface area (Å²) in [4.78, 5) is 28.3. The first-order valence-electron chi connectivity index (χ1n) is 9.23. The van der Waals surface area contributed by atoms with Gasteiger partial charge in [0, 0.05) is 6.42 Å². The number of amides is 2. The molecule has 0 aliphatic carbocycles. The van der Waals surface area contributed by atoms with E-state index in [4.69, 9.17) is 9.47 Å². The molecule has 0 radical (unpaired) electrons. The highest BCUT2D eigenvalue weighted by Gasteiger charge is 2.12. The summed E-state index contributed by atoms with van der Waals surface area (Å²) >= 11 is 1.47. The van der Waals surface area contributed by atoms with Gasteiger partial charge >= 0.3 is 0 Å². The van der Waals surface area contributed by atoms with Crippen molar-refractivity contribution >= 4 is 38.5 Å². The number of hydrogen-bond acceptors (Lipinski definition) is 7. The fourth-order valence-electron chi connectivity index (χ4n) is 2.85. The largest absolute Gasteiger partial charge is 0.486 e. The second-order valence-corrected chi connectivity index (χ2v) is 7.45. The number of nitrogens with zero attached hydrogens (tertiary/aromatic N) is 1. The fraction of sp³-hybridized carbons (Fsp3) is 0.250. The summed E-state index contributed by atoms with van der Waals surface area (Å²) in [7, 11) is 0. The van der Waals surface area contributed by atoms with Crippen LogP contribution in [0.5, 0.6) is 11.5 Å². The summed E-state index contributed by atoms with van der Waals surface area (Å²) in [6.07, 6.45) is 0.771. The Kier molecular flexibility index (Phi) is 5.76. The number of ether oxygens (including phenoxy) is 2. The number of fused-ring (bicyclic) bond motifs is 2. The van der Waals surface area contributed by atoms with Gasteiger partial charge < -0.3 is 14.8 Å². The summed E-state index contributed by atoms with van der Waals surface area (Å²) < 4.78 is 12.1. The van der Waals surface area contributed by atoms with Gasteiger partial charge in [0.1, 0.15) is 13.2 Å². The average molecular weight is 412 g/mol. The molecule has 4 rings (SSSR count). The molecule has 0 spiro atoms. The lowest BCUT2D eigenvalue weighted by atomic mass is 10.1. The normalized spacial score (nSPS) is 12.4. The Morgan fingerprint density at radius 3 is 2.66 bits per heavy atom. The van der Waals surface area contributed by atoms with Gasteiger partial charge in [0.15, 0.2) is 16.6 Å². The van der Waals surface area contributed by atoms with Crippen LogP contribution in [-0.2, 0) is 16.0 Å². The first kappa shape index (κ1) is 19.0. The molecule has 9 heteroatoms. The molecule has 2 aromatic carbocycles. The number of benzene rings is 2. The third-order valence-electron chi connectivity index (χ3n) is 4.28. The SMILES string of the molecule is O=C(CCc1ccc2c(c1)OCCO2)NNC(=O)CNc1nc2ccccc2s1. The Hall–Kier alpha value is -3.33. The van der Waals surface area contributed by atoms with Crippen LogP contribution in [0.2, 0.25) is 0 Å². The maximum absolute atomic E-state index is 12.0. The number of carbonyl (C=O) groups excluding carboxylic acids is 2. The monoisotopic (exact) mass is 412 g/mol. The molecule has 29 heavy (non-hydrogen) atoms. The first-order chi connectivity index (χ1) is 14.2. The van der Waals surface area contributed by atoms with E-state index in [1.807, 2.05) is 42.5 Å². The zero-order valence-corrected chi connectivity index (χ0v) is 16.4. The Bertz CT molecular complexity index is 1000. The number of para-hydroxylation sites is 1. The zero-order valence-electron chi connectivity index (χ0n) is 15.6. The molecule has 3 N–H and O–H groups in total. The summed E-state index contributed by atoms with van der Waals surface area (Å²) in [5.74, 6) is 0.797. The van der Waals surface area contributed by atoms with E-state index in [1.54, 1.807) is 0 Å². The Labute approximate surface area is 171 Å². The van der Waals surface area contributed by atoms with Crippen LogP contribution in [0.25, 0.3) is 10.2 Å². The van der Waals surface area contributed by atoms with E-state index in [2.05, 4.69) is 21.2 Å². The van der Waals surface area contributed by atoms with Crippen molar-refractivity contribution in [3.8, 4) is 11.5 Å². The minimum Gasteiger partial charge on any atom is -0.486 e. The molecule has 3 aromatic rings. The van der Waals surface area contributed by atoms with Crippen molar-refractivity contribution in [3.05, 3.63) is 48.0 Å². The molecule has 0 bridgehead atoms. The molecule has 150 valence electrons. The molecular weight excluding hydrogens is 392 g/mol. The topological polar surface area (TPSA) is 102 Å². The van der Waals surface area contributed by atoms with E-state index in [9.17, 15) is 9.59 Å². The number of rotatable bonds is 6. The van der Waals surface area contributed by atoms with Crippen LogP contribution in [-0.4, -0.2) is 36.6 Å². The minimum absolute atomic E-state index is 0.0161. The maximum atomic E-state index is 12.0. The summed E-state index contributed by atoms with van der Waals surface area (Å²) in [5, 5.41) is 3.62. The molecule has 2 heterocycles. The molecule has 0 atom stereocenters. The van der Waals surface area contributed by atoms with E-state index >= 15 is 0 Å². The number of hydrogen-bond donors (Lipinski definition) is 3. The van der Waals surface area contributed by atoms with E-state index in [0.29, 0.717) is 30.5 Å². The molecule has 0 saturated carbocycles. The smallest absolute Gasteiger partial charge is 0.257 e. The van der Waals surface area contributed by atoms with Crippen LogP contribution < -0.4 is 25.6 Å². The Morgan fingerprint density at radius 1 is 1.00 bits per heavy atom. The molecular formula is C20H20N4O4S. The Morgan fingerprint density at radius 2 is 1.79 bits per heavy atom.